The highest BCUT2D eigenvalue weighted by Gasteiger charge is 2.92. The van der Waals surface area contributed by atoms with Crippen LogP contribution in [0.4, 0.5) is 0 Å². The van der Waals surface area contributed by atoms with Crippen LogP contribution in [0.25, 0.3) is 0 Å². The number of hydrogen-bond donors (Lipinski definition) is 1. The summed E-state index contributed by atoms with van der Waals surface area (Å²) in [7, 11) is 1.01. The maximum absolute atomic E-state index is 14.6. The van der Waals surface area contributed by atoms with Gasteiger partial charge in [0.05, 0.1) is 42.5 Å². The molecule has 67 heavy (non-hydrogen) atoms. The van der Waals surface area contributed by atoms with Crippen LogP contribution in [-0.4, -0.2) is 143 Å². The lowest BCUT2D eigenvalue weighted by Crippen LogP contribution is -2.89. The molecule has 0 aromatic carbocycles. The van der Waals surface area contributed by atoms with Crippen molar-refractivity contribution in [3.63, 3.8) is 0 Å². The Balaban J connectivity index is 1.81. The molecule has 1 N–H and O–H groups in total. The summed E-state index contributed by atoms with van der Waals surface area (Å²) in [6, 6.07) is 2.84. The molecule has 6 rings (SSSR count). The Hall–Kier alpha value is -6.03. The highest BCUT2D eigenvalue weighted by atomic mass is 16.7. The Labute approximate surface area is 384 Å². The van der Waals surface area contributed by atoms with Gasteiger partial charge in [0.2, 0.25) is 0 Å². The summed E-state index contributed by atoms with van der Waals surface area (Å²) in [5.41, 5.74) is -11.0. The number of aromatic nitrogens is 1. The second-order valence-electron chi connectivity index (χ2n) is 18.2. The molecule has 0 amide bonds. The monoisotopic (exact) mass is 945 g/mol. The number of fused-ring (bicyclic) bond motifs is 7. The van der Waals surface area contributed by atoms with Gasteiger partial charge in [-0.15, -0.1) is 0 Å². The van der Waals surface area contributed by atoms with Crippen molar-refractivity contribution in [3.05, 3.63) is 29.6 Å². The molecule has 5 aliphatic rings. The fraction of sp³-hybridized carbons (Fsp3) is 0.667. The second-order valence-corrected chi connectivity index (χ2v) is 18.2. The lowest BCUT2D eigenvalue weighted by atomic mass is 9.45. The van der Waals surface area contributed by atoms with Gasteiger partial charge in [0.15, 0.2) is 30.0 Å². The van der Waals surface area contributed by atoms with E-state index in [2.05, 4.69) is 4.98 Å². The van der Waals surface area contributed by atoms with E-state index in [1.165, 1.54) is 39.1 Å². The van der Waals surface area contributed by atoms with Gasteiger partial charge in [0, 0.05) is 46.2 Å². The van der Waals surface area contributed by atoms with Crippen molar-refractivity contribution in [3.8, 4) is 0 Å². The number of cyclic esters (lactones) is 2. The van der Waals surface area contributed by atoms with E-state index in [0.29, 0.717) is 0 Å². The van der Waals surface area contributed by atoms with E-state index < -0.39 is 174 Å². The van der Waals surface area contributed by atoms with Crippen molar-refractivity contribution in [2.75, 3.05) is 20.3 Å². The summed E-state index contributed by atoms with van der Waals surface area (Å²) in [5.74, 6) is -17.9. The van der Waals surface area contributed by atoms with Gasteiger partial charge in [-0.3, -0.25) is 48.1 Å². The molecule has 2 saturated heterocycles. The van der Waals surface area contributed by atoms with Crippen molar-refractivity contribution < 1.29 is 100 Å². The number of Topliss-reactive ketones (excluding diaryl/α,β-unsaturated/α-hetero) is 1. The van der Waals surface area contributed by atoms with Gasteiger partial charge >= 0.3 is 53.7 Å². The summed E-state index contributed by atoms with van der Waals surface area (Å²) < 4.78 is 60.5. The fourth-order valence-electron chi connectivity index (χ4n) is 10.6. The van der Waals surface area contributed by atoms with Crippen LogP contribution in [0.5, 0.6) is 0 Å². The quantitative estimate of drug-likeness (QED) is 0.238. The largest absolute Gasteiger partial charge is 0.469 e. The number of ketones is 1. The second kappa shape index (κ2) is 18.6. The van der Waals surface area contributed by atoms with Gasteiger partial charge in [0.25, 0.3) is 0 Å². The molecule has 22 nitrogen and oxygen atoms in total. The Morgan fingerprint density at radius 1 is 0.776 bits per heavy atom. The third kappa shape index (κ3) is 8.50. The van der Waals surface area contributed by atoms with E-state index in [4.69, 9.17) is 47.4 Å². The molecule has 6 bridgehead atoms. The molecule has 0 radical (unpaired) electrons. The van der Waals surface area contributed by atoms with Crippen LogP contribution in [0.1, 0.15) is 104 Å². The predicted octanol–water partition coefficient (Wildman–Crippen LogP) is 1.17. The highest BCUT2D eigenvalue weighted by molar-refractivity contribution is 6.01. The average molecular weight is 946 g/mol. The molecule has 2 aliphatic carbocycles. The minimum absolute atomic E-state index is 0.0891. The van der Waals surface area contributed by atoms with Crippen LogP contribution < -0.4 is 0 Å². The number of ether oxygens (including phenoxy) is 10. The lowest BCUT2D eigenvalue weighted by molar-refractivity contribution is -0.387. The minimum Gasteiger partial charge on any atom is -0.469 e. The molecule has 15 atom stereocenters. The Morgan fingerprint density at radius 3 is 2.00 bits per heavy atom. The maximum atomic E-state index is 14.6. The van der Waals surface area contributed by atoms with E-state index >= 15 is 0 Å². The first kappa shape index (κ1) is 50.4. The fourth-order valence-corrected chi connectivity index (χ4v) is 10.6. The Bertz CT molecular complexity index is 2240. The molecule has 22 heteroatoms. The summed E-state index contributed by atoms with van der Waals surface area (Å²) in [6.07, 6.45) is -13.2. The average Bonchev–Trinajstić information content (AvgIpc) is 3.47. The SMILES string of the molecule is COC(=O)C[C@@H]1C(=O)CC[C@H](C)C(=O)O[C@H]2[C@H]3[C@@H](OC(C)=O)[C@@]45O[C@@]3(C)COC(=O)c3cccnc3[C@@H](C)[C@H](C)C(=O)O[C@@H]([C@H](OC(C)=O)[C@H](OC(C)=O)[C@@]4(COC1=O)[C@@H]2OC(C)=O)[C@]5(C)O. The smallest absolute Gasteiger partial charge is 0.340 e. The van der Waals surface area contributed by atoms with Crippen LogP contribution in [0.2, 0.25) is 0 Å². The number of pyridine rings is 1. The zero-order valence-electron chi connectivity index (χ0n) is 38.7. The van der Waals surface area contributed by atoms with Gasteiger partial charge in [-0.25, -0.2) is 4.79 Å². The van der Waals surface area contributed by atoms with Crippen LogP contribution >= 0.6 is 0 Å². The molecular formula is C45H55NO21. The van der Waals surface area contributed by atoms with Gasteiger partial charge in [-0.2, -0.15) is 0 Å². The summed E-state index contributed by atoms with van der Waals surface area (Å²) >= 11 is 0. The number of methoxy groups -OCH3 is 1. The molecule has 4 heterocycles. The van der Waals surface area contributed by atoms with E-state index in [-0.39, 0.29) is 17.7 Å². The lowest BCUT2D eigenvalue weighted by Gasteiger charge is -2.67. The molecule has 4 fully saturated rings. The Morgan fingerprint density at radius 2 is 1.39 bits per heavy atom. The molecule has 366 valence electrons. The number of rotatable bonds is 6. The van der Waals surface area contributed by atoms with Crippen LogP contribution in [-0.2, 0) is 90.5 Å². The van der Waals surface area contributed by atoms with Crippen molar-refractivity contribution in [1.82, 2.24) is 4.98 Å². The van der Waals surface area contributed by atoms with Crippen LogP contribution in [0.15, 0.2) is 18.3 Å². The van der Waals surface area contributed by atoms with Gasteiger partial charge < -0.3 is 52.5 Å². The number of carbonyl (C=O) groups excluding carboxylic acids is 10. The molecule has 1 aromatic rings. The number of carbonyl (C=O) groups is 10. The summed E-state index contributed by atoms with van der Waals surface area (Å²) in [4.78, 5) is 143. The van der Waals surface area contributed by atoms with Crippen LogP contribution in [0.3, 0.4) is 0 Å². The molecule has 2 spiro atoms. The highest BCUT2D eigenvalue weighted by Crippen LogP contribution is 2.70. The van der Waals surface area contributed by atoms with E-state index in [1.54, 1.807) is 6.92 Å². The minimum atomic E-state index is -2.98. The zero-order valence-corrected chi connectivity index (χ0v) is 38.7. The first-order valence-corrected chi connectivity index (χ1v) is 21.7. The van der Waals surface area contributed by atoms with Gasteiger partial charge in [0.1, 0.15) is 53.7 Å². The van der Waals surface area contributed by atoms with E-state index in [1.807, 2.05) is 0 Å². The molecule has 0 unspecified atom stereocenters. The molecule has 3 aliphatic heterocycles. The summed E-state index contributed by atoms with van der Waals surface area (Å²) in [5, 5.41) is 13.7. The van der Waals surface area contributed by atoms with Crippen molar-refractivity contribution in [2.45, 2.75) is 141 Å². The number of nitrogens with zero attached hydrogens (tertiary/aromatic N) is 1. The van der Waals surface area contributed by atoms with Crippen molar-refractivity contribution in [2.24, 2.45) is 29.1 Å². The summed E-state index contributed by atoms with van der Waals surface area (Å²) in [6.45, 7) is 8.31. The third-order valence-corrected chi connectivity index (χ3v) is 13.8. The normalized spacial score (nSPS) is 38.6. The zero-order chi connectivity index (χ0) is 49.7. The van der Waals surface area contributed by atoms with E-state index in [9.17, 15) is 53.1 Å². The van der Waals surface area contributed by atoms with E-state index in [0.717, 1.165) is 41.7 Å². The first-order valence-electron chi connectivity index (χ1n) is 21.7. The first-order chi connectivity index (χ1) is 31.3. The third-order valence-electron chi connectivity index (χ3n) is 13.8. The Kier molecular flexibility index (Phi) is 14.0. The maximum Gasteiger partial charge on any atom is 0.340 e. The number of esters is 9. The van der Waals surface area contributed by atoms with Gasteiger partial charge in [-0.1, -0.05) is 20.8 Å². The number of aliphatic hydroxyl groups is 1. The molecule has 2 saturated carbocycles. The van der Waals surface area contributed by atoms with Gasteiger partial charge in [-0.05, 0) is 32.4 Å². The molecular weight excluding hydrogens is 890 g/mol. The number of hydrogen-bond acceptors (Lipinski definition) is 22. The van der Waals surface area contributed by atoms with Crippen LogP contribution in [0, 0.1) is 29.1 Å². The van der Waals surface area contributed by atoms with Crippen molar-refractivity contribution >= 4 is 59.5 Å². The van der Waals surface area contributed by atoms with Crippen molar-refractivity contribution in [1.29, 1.82) is 0 Å². The standard InChI is InChI=1S/C45H55NO21/c1-19-13-14-28(51)27(16-29(52)58-10)41(56)60-18-44-36(63-24(6)49)32(65-38(19)53)30-34(62-23(5)48)45(44)43(9,57)35(33(61-22(4)47)37(44)64-25(7)50)66-39(54)21(3)20(2)31-26(12-11-15-46-31)40(55)59-17-42(30,8)67-45/h11-12,15,19-21,27,30,32-37,57H,13-14,16-18H2,1-10H3/t19-,20-,21-,27+,30-,32-,33-,34+,35-,36+,37-,42-,43-,44+,45-/m0/s1. The predicted molar refractivity (Wildman–Crippen MR) is 217 cm³/mol. The molecule has 1 aromatic heterocycles. The topological polar surface area (TPSA) is 296 Å².